The van der Waals surface area contributed by atoms with Gasteiger partial charge in [-0.1, -0.05) is 0 Å². The minimum Gasteiger partial charge on any atom is -0.428 e. The van der Waals surface area contributed by atoms with Gasteiger partial charge >= 0.3 is 6.16 Å². The number of carbonyl (C=O) groups is 1. The first-order chi connectivity index (χ1) is 8.84. The molecule has 1 aromatic carbocycles. The largest absolute Gasteiger partial charge is 0.514 e. The van der Waals surface area contributed by atoms with Crippen LogP contribution < -0.4 is 4.74 Å². The van der Waals surface area contributed by atoms with E-state index in [1.807, 2.05) is 0 Å². The smallest absolute Gasteiger partial charge is 0.428 e. The van der Waals surface area contributed by atoms with Crippen LogP contribution in [0.5, 0.6) is 5.75 Å². The Morgan fingerprint density at radius 3 is 2.42 bits per heavy atom. The minimum absolute atomic E-state index is 0.0960. The van der Waals surface area contributed by atoms with Crippen LogP contribution in [0.15, 0.2) is 24.3 Å². The number of ether oxygens (including phenoxy) is 2. The summed E-state index contributed by atoms with van der Waals surface area (Å²) in [5.74, 6) is 0.149. The Hall–Kier alpha value is -2.15. The predicted molar refractivity (Wildman–Crippen MR) is 66.0 cm³/mol. The molecule has 0 heterocycles. The highest BCUT2D eigenvalue weighted by Crippen LogP contribution is 2.20. The molecule has 1 N–H and O–H groups in total. The molecule has 0 saturated carbocycles. The number of aliphatic hydroxyl groups is 1. The summed E-state index contributed by atoms with van der Waals surface area (Å²) < 4.78 is 9.87. The highest BCUT2D eigenvalue weighted by atomic mass is 16.7. The van der Waals surface area contributed by atoms with Crippen molar-refractivity contribution in [3.63, 3.8) is 0 Å². The van der Waals surface area contributed by atoms with Gasteiger partial charge in [0.05, 0.1) is 4.92 Å². The predicted octanol–water partition coefficient (Wildman–Crippen LogP) is 2.27. The van der Waals surface area contributed by atoms with E-state index in [4.69, 9.17) is 14.6 Å². The summed E-state index contributed by atoms with van der Waals surface area (Å²) in [6.45, 7) is 3.17. The first kappa shape index (κ1) is 14.9. The van der Waals surface area contributed by atoms with E-state index in [0.717, 1.165) is 0 Å². The summed E-state index contributed by atoms with van der Waals surface area (Å²) in [7, 11) is 0. The molecular formula is C12H15NO6. The number of nitro groups is 1. The van der Waals surface area contributed by atoms with Crippen LogP contribution in [0.4, 0.5) is 10.5 Å². The lowest BCUT2D eigenvalue weighted by atomic mass is 10.1. The highest BCUT2D eigenvalue weighted by Gasteiger charge is 2.23. The molecule has 1 rings (SSSR count). The summed E-state index contributed by atoms with van der Waals surface area (Å²) in [4.78, 5) is 21.4. The van der Waals surface area contributed by atoms with E-state index in [1.54, 1.807) is 13.8 Å². The molecule has 0 saturated heterocycles. The van der Waals surface area contributed by atoms with Crippen molar-refractivity contribution >= 4 is 11.8 Å². The molecule has 7 nitrogen and oxygen atoms in total. The van der Waals surface area contributed by atoms with E-state index in [-0.39, 0.29) is 24.5 Å². The third kappa shape index (κ3) is 4.92. The van der Waals surface area contributed by atoms with Crippen molar-refractivity contribution in [1.29, 1.82) is 0 Å². The summed E-state index contributed by atoms with van der Waals surface area (Å²) in [6, 6.07) is 5.06. The molecule has 0 bridgehead atoms. The Kier molecular flexibility index (Phi) is 4.82. The van der Waals surface area contributed by atoms with Gasteiger partial charge in [0.2, 0.25) is 0 Å². The summed E-state index contributed by atoms with van der Waals surface area (Å²) in [5, 5.41) is 19.2. The van der Waals surface area contributed by atoms with Gasteiger partial charge in [-0.2, -0.15) is 0 Å². The fraction of sp³-hybridized carbons (Fsp3) is 0.417. The Bertz CT molecular complexity index is 454. The Morgan fingerprint density at radius 2 is 1.95 bits per heavy atom. The second-order valence-corrected chi connectivity index (χ2v) is 4.44. The number of hydrogen-bond acceptors (Lipinski definition) is 6. The average molecular weight is 269 g/mol. The van der Waals surface area contributed by atoms with Gasteiger partial charge in [-0.25, -0.2) is 4.79 Å². The van der Waals surface area contributed by atoms with E-state index in [9.17, 15) is 14.9 Å². The third-order valence-corrected chi connectivity index (χ3v) is 2.32. The van der Waals surface area contributed by atoms with Crippen LogP contribution in [0, 0.1) is 10.1 Å². The summed E-state index contributed by atoms with van der Waals surface area (Å²) in [5.41, 5.74) is -0.937. The normalized spacial score (nSPS) is 10.9. The monoisotopic (exact) mass is 269 g/mol. The molecule has 0 radical (unpaired) electrons. The number of aliphatic hydroxyl groups excluding tert-OH is 1. The van der Waals surface area contributed by atoms with Crippen LogP contribution >= 0.6 is 0 Å². The highest BCUT2D eigenvalue weighted by molar-refractivity contribution is 5.64. The molecule has 19 heavy (non-hydrogen) atoms. The molecule has 0 fully saturated rings. The van der Waals surface area contributed by atoms with Crippen molar-refractivity contribution in [3.8, 4) is 5.75 Å². The van der Waals surface area contributed by atoms with Gasteiger partial charge in [-0.3, -0.25) is 10.1 Å². The number of nitro benzene ring substituents is 1. The topological polar surface area (TPSA) is 98.9 Å². The molecule has 104 valence electrons. The van der Waals surface area contributed by atoms with Gasteiger partial charge in [0.15, 0.2) is 0 Å². The van der Waals surface area contributed by atoms with Gasteiger partial charge in [0, 0.05) is 25.2 Å². The molecule has 1 aromatic rings. The third-order valence-electron chi connectivity index (χ3n) is 2.32. The second kappa shape index (κ2) is 6.14. The van der Waals surface area contributed by atoms with Gasteiger partial charge in [-0.15, -0.1) is 0 Å². The zero-order valence-electron chi connectivity index (χ0n) is 10.7. The van der Waals surface area contributed by atoms with E-state index in [2.05, 4.69) is 0 Å². The lowest BCUT2D eigenvalue weighted by Crippen LogP contribution is -2.30. The minimum atomic E-state index is -0.924. The zero-order valence-corrected chi connectivity index (χ0v) is 10.7. The van der Waals surface area contributed by atoms with Crippen LogP contribution in [0.25, 0.3) is 0 Å². The lowest BCUT2D eigenvalue weighted by molar-refractivity contribution is -0.384. The Balaban J connectivity index is 2.59. The Labute approximate surface area is 109 Å². The Morgan fingerprint density at radius 1 is 1.37 bits per heavy atom. The molecule has 0 aliphatic rings. The maximum atomic E-state index is 11.5. The maximum Gasteiger partial charge on any atom is 0.514 e. The number of non-ortho nitro benzene ring substituents is 1. The number of benzene rings is 1. The molecule has 0 unspecified atom stereocenters. The van der Waals surface area contributed by atoms with Gasteiger partial charge in [0.25, 0.3) is 5.69 Å². The quantitative estimate of drug-likeness (QED) is 0.381. The van der Waals surface area contributed by atoms with Crippen LogP contribution in [-0.4, -0.2) is 28.4 Å². The van der Waals surface area contributed by atoms with Gasteiger partial charge in [0.1, 0.15) is 11.4 Å². The average Bonchev–Trinajstić information content (AvgIpc) is 2.28. The zero-order chi connectivity index (χ0) is 14.5. The van der Waals surface area contributed by atoms with E-state index >= 15 is 0 Å². The maximum absolute atomic E-state index is 11.5. The van der Waals surface area contributed by atoms with Gasteiger partial charge < -0.3 is 14.6 Å². The fourth-order valence-electron chi connectivity index (χ4n) is 1.30. The molecular weight excluding hydrogens is 254 g/mol. The number of hydrogen-bond donors (Lipinski definition) is 1. The van der Waals surface area contributed by atoms with Crippen LogP contribution in [0.1, 0.15) is 20.3 Å². The van der Waals surface area contributed by atoms with Gasteiger partial charge in [-0.05, 0) is 26.0 Å². The standard InChI is InChI=1S/C12H15NO6/c1-12(2,7-8-14)19-11(15)18-10-5-3-9(4-6-10)13(16)17/h3-6,14H,7-8H2,1-2H3. The molecule has 7 heteroatoms. The van der Waals surface area contributed by atoms with Crippen LogP contribution in [0.3, 0.4) is 0 Å². The van der Waals surface area contributed by atoms with E-state index < -0.39 is 16.7 Å². The number of rotatable bonds is 5. The molecule has 0 atom stereocenters. The van der Waals surface area contributed by atoms with E-state index in [0.29, 0.717) is 0 Å². The molecule has 0 amide bonds. The van der Waals surface area contributed by atoms with Crippen LogP contribution in [-0.2, 0) is 4.74 Å². The summed E-state index contributed by atoms with van der Waals surface area (Å²) >= 11 is 0. The molecule has 0 aliphatic heterocycles. The number of carbonyl (C=O) groups excluding carboxylic acids is 1. The van der Waals surface area contributed by atoms with E-state index in [1.165, 1.54) is 24.3 Å². The van der Waals surface area contributed by atoms with Crippen molar-refractivity contribution in [2.75, 3.05) is 6.61 Å². The second-order valence-electron chi connectivity index (χ2n) is 4.44. The summed E-state index contributed by atoms with van der Waals surface area (Å²) in [6.07, 6.45) is -0.644. The SMILES string of the molecule is CC(C)(CCO)OC(=O)Oc1ccc([N+](=O)[O-])cc1. The van der Waals surface area contributed by atoms with Crippen molar-refractivity contribution in [2.45, 2.75) is 25.9 Å². The van der Waals surface area contributed by atoms with Crippen molar-refractivity contribution in [2.24, 2.45) is 0 Å². The van der Waals surface area contributed by atoms with Crippen molar-refractivity contribution in [3.05, 3.63) is 34.4 Å². The first-order valence-corrected chi connectivity index (χ1v) is 5.60. The number of nitrogens with zero attached hydrogens (tertiary/aromatic N) is 1. The molecule has 0 aliphatic carbocycles. The van der Waals surface area contributed by atoms with Crippen molar-refractivity contribution in [1.82, 2.24) is 0 Å². The van der Waals surface area contributed by atoms with Crippen LogP contribution in [0.2, 0.25) is 0 Å². The lowest BCUT2D eigenvalue weighted by Gasteiger charge is -2.23. The molecule has 0 spiro atoms. The fourth-order valence-corrected chi connectivity index (χ4v) is 1.30. The first-order valence-electron chi connectivity index (χ1n) is 5.60. The van der Waals surface area contributed by atoms with Crippen molar-refractivity contribution < 1.29 is 24.3 Å². The molecule has 0 aromatic heterocycles.